The molecular formula is C14H8FN2O2-. The van der Waals surface area contributed by atoms with E-state index in [4.69, 9.17) is 0 Å². The maximum absolute atomic E-state index is 12.9. The molecule has 0 amide bonds. The van der Waals surface area contributed by atoms with Gasteiger partial charge in [-0.25, -0.2) is 9.37 Å². The summed E-state index contributed by atoms with van der Waals surface area (Å²) in [7, 11) is 0. The van der Waals surface area contributed by atoms with Crippen molar-refractivity contribution in [2.45, 2.75) is 0 Å². The highest BCUT2D eigenvalue weighted by Crippen LogP contribution is 2.19. The zero-order valence-electron chi connectivity index (χ0n) is 9.71. The highest BCUT2D eigenvalue weighted by Gasteiger charge is 2.05. The van der Waals surface area contributed by atoms with E-state index in [1.54, 1.807) is 28.9 Å². The molecule has 19 heavy (non-hydrogen) atoms. The van der Waals surface area contributed by atoms with Gasteiger partial charge in [-0.1, -0.05) is 0 Å². The van der Waals surface area contributed by atoms with Crippen LogP contribution in [0.25, 0.3) is 16.9 Å². The van der Waals surface area contributed by atoms with Crippen LogP contribution in [0.4, 0.5) is 4.39 Å². The van der Waals surface area contributed by atoms with E-state index in [-0.39, 0.29) is 11.4 Å². The smallest absolute Gasteiger partial charge is 0.138 e. The van der Waals surface area contributed by atoms with Crippen LogP contribution in [0.1, 0.15) is 10.4 Å². The number of halogens is 1. The highest BCUT2D eigenvalue weighted by molar-refractivity contribution is 5.87. The number of aromatic nitrogens is 2. The fourth-order valence-electron chi connectivity index (χ4n) is 1.87. The molecule has 0 unspecified atom stereocenters. The normalized spacial score (nSPS) is 10.8. The van der Waals surface area contributed by atoms with Crippen molar-refractivity contribution in [2.75, 3.05) is 0 Å². The summed E-state index contributed by atoms with van der Waals surface area (Å²) < 4.78 is 14.6. The summed E-state index contributed by atoms with van der Waals surface area (Å²) in [5, 5.41) is 10.8. The van der Waals surface area contributed by atoms with Crippen molar-refractivity contribution in [3.63, 3.8) is 0 Å². The molecule has 0 saturated heterocycles. The molecule has 0 aliphatic carbocycles. The number of benzene rings is 1. The Balaban J connectivity index is 2.11. The zero-order valence-corrected chi connectivity index (χ0v) is 9.71. The first-order valence-corrected chi connectivity index (χ1v) is 5.59. The summed E-state index contributed by atoms with van der Waals surface area (Å²) >= 11 is 0. The molecule has 0 bridgehead atoms. The summed E-state index contributed by atoms with van der Waals surface area (Å²) in [4.78, 5) is 15.1. The molecule has 5 heteroatoms. The van der Waals surface area contributed by atoms with Gasteiger partial charge in [-0.3, -0.25) is 0 Å². The Morgan fingerprint density at radius 1 is 1.21 bits per heavy atom. The van der Waals surface area contributed by atoms with Crippen molar-refractivity contribution in [3.8, 4) is 11.3 Å². The van der Waals surface area contributed by atoms with Crippen LogP contribution in [0.2, 0.25) is 0 Å². The standard InChI is InChI=1S/C14H9FN2O2/c15-11-3-1-9(2-4-11)12-8-17-6-5-10(14(18)19)7-13(17)16-12/h1-8H,(H,18,19)/p-1. The van der Waals surface area contributed by atoms with E-state index in [0.29, 0.717) is 11.3 Å². The summed E-state index contributed by atoms with van der Waals surface area (Å²) in [5.74, 6) is -1.56. The number of carboxylic acid groups (broad SMARTS) is 1. The van der Waals surface area contributed by atoms with Gasteiger partial charge < -0.3 is 14.3 Å². The third kappa shape index (κ3) is 2.06. The van der Waals surface area contributed by atoms with E-state index in [0.717, 1.165) is 5.56 Å². The number of rotatable bonds is 2. The first kappa shape index (κ1) is 11.4. The SMILES string of the molecule is O=C([O-])c1ccn2cc(-c3ccc(F)cc3)nc2c1. The quantitative estimate of drug-likeness (QED) is 0.697. The van der Waals surface area contributed by atoms with Crippen molar-refractivity contribution in [3.05, 3.63) is 60.2 Å². The lowest BCUT2D eigenvalue weighted by Crippen LogP contribution is -2.22. The minimum atomic E-state index is -1.24. The lowest BCUT2D eigenvalue weighted by Gasteiger charge is -2.01. The second-order valence-electron chi connectivity index (χ2n) is 4.10. The maximum atomic E-state index is 12.9. The Hall–Kier alpha value is -2.69. The zero-order chi connectivity index (χ0) is 13.4. The molecule has 0 aliphatic heterocycles. The van der Waals surface area contributed by atoms with E-state index in [9.17, 15) is 14.3 Å². The van der Waals surface area contributed by atoms with E-state index in [1.165, 1.54) is 24.3 Å². The minimum Gasteiger partial charge on any atom is -0.545 e. The molecule has 1 aromatic carbocycles. The van der Waals surface area contributed by atoms with Gasteiger partial charge in [0.25, 0.3) is 0 Å². The van der Waals surface area contributed by atoms with Gasteiger partial charge in [-0.05, 0) is 36.4 Å². The molecule has 0 N–H and O–H groups in total. The highest BCUT2D eigenvalue weighted by atomic mass is 19.1. The van der Waals surface area contributed by atoms with Crippen LogP contribution in [-0.2, 0) is 0 Å². The largest absolute Gasteiger partial charge is 0.545 e. The van der Waals surface area contributed by atoms with E-state index >= 15 is 0 Å². The van der Waals surface area contributed by atoms with Crippen LogP contribution in [-0.4, -0.2) is 15.4 Å². The molecule has 2 heterocycles. The molecule has 0 saturated carbocycles. The molecule has 0 aliphatic rings. The predicted octanol–water partition coefficient (Wildman–Crippen LogP) is 1.50. The van der Waals surface area contributed by atoms with Crippen molar-refractivity contribution in [1.29, 1.82) is 0 Å². The van der Waals surface area contributed by atoms with Crippen molar-refractivity contribution in [2.24, 2.45) is 0 Å². The average molecular weight is 255 g/mol. The van der Waals surface area contributed by atoms with Gasteiger partial charge in [0.2, 0.25) is 0 Å². The first-order chi connectivity index (χ1) is 9.13. The topological polar surface area (TPSA) is 57.4 Å². The van der Waals surface area contributed by atoms with Crippen molar-refractivity contribution in [1.82, 2.24) is 9.38 Å². The first-order valence-electron chi connectivity index (χ1n) is 5.59. The van der Waals surface area contributed by atoms with Crippen LogP contribution in [0, 0.1) is 5.82 Å². The van der Waals surface area contributed by atoms with Crippen LogP contribution in [0.3, 0.4) is 0 Å². The molecule has 0 atom stereocenters. The van der Waals surface area contributed by atoms with Crippen LogP contribution in [0.5, 0.6) is 0 Å². The molecule has 94 valence electrons. The van der Waals surface area contributed by atoms with Crippen LogP contribution < -0.4 is 5.11 Å². The summed E-state index contributed by atoms with van der Waals surface area (Å²) in [6, 6.07) is 8.83. The maximum Gasteiger partial charge on any atom is 0.138 e. The van der Waals surface area contributed by atoms with Crippen molar-refractivity contribution >= 4 is 11.6 Å². The Morgan fingerprint density at radius 2 is 1.95 bits per heavy atom. The van der Waals surface area contributed by atoms with Gasteiger partial charge >= 0.3 is 0 Å². The van der Waals surface area contributed by atoms with E-state index in [1.807, 2.05) is 0 Å². The molecular weight excluding hydrogens is 247 g/mol. The molecule has 0 spiro atoms. The molecule has 2 aromatic heterocycles. The van der Waals surface area contributed by atoms with Gasteiger partial charge in [-0.15, -0.1) is 0 Å². The Labute approximate surface area is 107 Å². The van der Waals surface area contributed by atoms with E-state index in [2.05, 4.69) is 4.98 Å². The Kier molecular flexibility index (Phi) is 2.52. The third-order valence-corrected chi connectivity index (χ3v) is 2.84. The number of carboxylic acids is 1. The number of pyridine rings is 1. The lowest BCUT2D eigenvalue weighted by atomic mass is 10.2. The van der Waals surface area contributed by atoms with Crippen molar-refractivity contribution < 1.29 is 14.3 Å². The molecule has 0 fully saturated rings. The van der Waals surface area contributed by atoms with Gasteiger partial charge in [0.15, 0.2) is 0 Å². The Morgan fingerprint density at radius 3 is 2.63 bits per heavy atom. The third-order valence-electron chi connectivity index (χ3n) is 2.84. The molecule has 3 rings (SSSR count). The second kappa shape index (κ2) is 4.20. The number of aromatic carboxylic acids is 1. The van der Waals surface area contributed by atoms with Crippen LogP contribution in [0.15, 0.2) is 48.8 Å². The molecule has 0 radical (unpaired) electrons. The second-order valence-corrected chi connectivity index (χ2v) is 4.10. The molecule has 4 nitrogen and oxygen atoms in total. The van der Waals surface area contributed by atoms with Gasteiger partial charge in [-0.2, -0.15) is 0 Å². The lowest BCUT2D eigenvalue weighted by molar-refractivity contribution is -0.255. The monoisotopic (exact) mass is 255 g/mol. The minimum absolute atomic E-state index is 0.0729. The van der Waals surface area contributed by atoms with Gasteiger partial charge in [0, 0.05) is 23.5 Å². The fraction of sp³-hybridized carbons (Fsp3) is 0. The van der Waals surface area contributed by atoms with Crippen LogP contribution >= 0.6 is 0 Å². The van der Waals surface area contributed by atoms with Gasteiger partial charge in [0.1, 0.15) is 11.5 Å². The number of imidazole rings is 1. The number of fused-ring (bicyclic) bond motifs is 1. The number of nitrogens with zero attached hydrogens (tertiary/aromatic N) is 2. The van der Waals surface area contributed by atoms with Gasteiger partial charge in [0.05, 0.1) is 11.7 Å². The number of carbonyl (C=O) groups excluding carboxylic acids is 1. The average Bonchev–Trinajstić information content (AvgIpc) is 2.82. The number of carbonyl (C=O) groups is 1. The molecule has 3 aromatic rings. The number of hydrogen-bond donors (Lipinski definition) is 0. The fourth-order valence-corrected chi connectivity index (χ4v) is 1.87. The number of hydrogen-bond acceptors (Lipinski definition) is 3. The summed E-state index contributed by atoms with van der Waals surface area (Å²) in [5.41, 5.74) is 1.99. The predicted molar refractivity (Wildman–Crippen MR) is 64.9 cm³/mol. The Bertz CT molecular complexity index is 763. The van der Waals surface area contributed by atoms with E-state index < -0.39 is 5.97 Å². The summed E-state index contributed by atoms with van der Waals surface area (Å²) in [6.45, 7) is 0. The summed E-state index contributed by atoms with van der Waals surface area (Å²) in [6.07, 6.45) is 3.35.